The summed E-state index contributed by atoms with van der Waals surface area (Å²) in [5, 5.41) is 14.5. The largest absolute Gasteiger partial charge is 0.391 e. The van der Waals surface area contributed by atoms with Crippen molar-refractivity contribution in [2.75, 3.05) is 7.05 Å². The number of aryl methyl sites for hydroxylation is 1. The van der Waals surface area contributed by atoms with Crippen molar-refractivity contribution in [3.05, 3.63) is 21.9 Å². The van der Waals surface area contributed by atoms with Crippen LogP contribution in [0, 0.1) is 12.8 Å². The summed E-state index contributed by atoms with van der Waals surface area (Å²) in [5.74, 6) is -0.370. The van der Waals surface area contributed by atoms with E-state index in [0.29, 0.717) is 6.54 Å². The molecule has 0 aliphatic heterocycles. The normalized spacial score (nSPS) is 17.1. The Kier molecular flexibility index (Phi) is 5.00. The van der Waals surface area contributed by atoms with E-state index in [1.165, 1.54) is 6.92 Å². The summed E-state index contributed by atoms with van der Waals surface area (Å²) in [7, 11) is 1.69. The number of nitrogens with zero attached hydrogens (tertiary/aromatic N) is 1. The van der Waals surface area contributed by atoms with Crippen molar-refractivity contribution < 1.29 is 14.7 Å². The molecule has 1 saturated carbocycles. The predicted molar refractivity (Wildman–Crippen MR) is 81.9 cm³/mol. The fourth-order valence-electron chi connectivity index (χ4n) is 2.10. The lowest BCUT2D eigenvalue weighted by molar-refractivity contribution is -0.139. The zero-order valence-corrected chi connectivity index (χ0v) is 13.4. The topological polar surface area (TPSA) is 69.6 Å². The number of carbonyl (C=O) groups excluding carboxylic acids is 2. The van der Waals surface area contributed by atoms with Crippen molar-refractivity contribution in [2.24, 2.45) is 5.92 Å². The first-order valence-corrected chi connectivity index (χ1v) is 8.04. The Morgan fingerprint density at radius 2 is 2.19 bits per heavy atom. The predicted octanol–water partition coefficient (Wildman–Crippen LogP) is 1.29. The summed E-state index contributed by atoms with van der Waals surface area (Å²) >= 11 is 1.60. The van der Waals surface area contributed by atoms with E-state index in [4.69, 9.17) is 0 Å². The molecule has 1 aliphatic carbocycles. The van der Waals surface area contributed by atoms with E-state index in [2.05, 4.69) is 5.32 Å². The SMILES string of the molecule is Cc1ccsc1CN(C)C(=O)[C@H](NC(=O)C1CC1)[C@@H](C)O. The van der Waals surface area contributed by atoms with E-state index in [-0.39, 0.29) is 17.7 Å². The number of carbonyl (C=O) groups is 2. The van der Waals surface area contributed by atoms with Gasteiger partial charge in [-0.05, 0) is 43.7 Å². The zero-order valence-electron chi connectivity index (χ0n) is 12.6. The quantitative estimate of drug-likeness (QED) is 0.832. The molecule has 0 spiro atoms. The van der Waals surface area contributed by atoms with E-state index in [1.807, 2.05) is 18.4 Å². The Labute approximate surface area is 129 Å². The third-order valence-electron chi connectivity index (χ3n) is 3.72. The van der Waals surface area contributed by atoms with Crippen molar-refractivity contribution in [3.63, 3.8) is 0 Å². The number of thiophene rings is 1. The molecule has 0 bridgehead atoms. The third kappa shape index (κ3) is 4.04. The van der Waals surface area contributed by atoms with Crippen LogP contribution in [-0.2, 0) is 16.1 Å². The molecule has 1 aromatic rings. The van der Waals surface area contributed by atoms with Gasteiger partial charge in [-0.15, -0.1) is 11.3 Å². The van der Waals surface area contributed by atoms with Gasteiger partial charge in [-0.1, -0.05) is 0 Å². The summed E-state index contributed by atoms with van der Waals surface area (Å²) in [6.45, 7) is 4.02. The number of nitrogens with one attached hydrogen (secondary N) is 1. The molecule has 0 saturated heterocycles. The fraction of sp³-hybridized carbons (Fsp3) is 0.600. The van der Waals surface area contributed by atoms with Crippen LogP contribution < -0.4 is 5.32 Å². The molecule has 1 aliphatic rings. The van der Waals surface area contributed by atoms with E-state index in [0.717, 1.165) is 23.3 Å². The standard InChI is InChI=1S/C15H22N2O3S/c1-9-6-7-21-12(9)8-17(3)15(20)13(10(2)18)16-14(19)11-4-5-11/h6-7,10-11,13,18H,4-5,8H2,1-3H3,(H,16,19)/t10-,13-/m1/s1. The van der Waals surface area contributed by atoms with Crippen molar-refractivity contribution in [3.8, 4) is 0 Å². The molecule has 0 unspecified atom stereocenters. The molecule has 5 nitrogen and oxygen atoms in total. The summed E-state index contributed by atoms with van der Waals surface area (Å²) in [5.41, 5.74) is 1.15. The van der Waals surface area contributed by atoms with Gasteiger partial charge in [0.15, 0.2) is 0 Å². The van der Waals surface area contributed by atoms with Crippen LogP contribution in [0.2, 0.25) is 0 Å². The lowest BCUT2D eigenvalue weighted by Gasteiger charge is -2.26. The molecule has 2 atom stereocenters. The van der Waals surface area contributed by atoms with Crippen molar-refractivity contribution in [2.45, 2.75) is 45.4 Å². The maximum atomic E-state index is 12.5. The second-order valence-corrected chi connectivity index (χ2v) is 6.72. The van der Waals surface area contributed by atoms with Gasteiger partial charge in [-0.25, -0.2) is 0 Å². The smallest absolute Gasteiger partial charge is 0.247 e. The molecule has 1 aromatic heterocycles. The number of rotatable bonds is 6. The number of aliphatic hydroxyl groups is 1. The number of hydrogen-bond acceptors (Lipinski definition) is 4. The van der Waals surface area contributed by atoms with Crippen LogP contribution in [0.15, 0.2) is 11.4 Å². The maximum absolute atomic E-state index is 12.5. The van der Waals surface area contributed by atoms with Gasteiger partial charge < -0.3 is 15.3 Å². The Hall–Kier alpha value is -1.40. The van der Waals surface area contributed by atoms with Gasteiger partial charge in [-0.3, -0.25) is 9.59 Å². The second-order valence-electron chi connectivity index (χ2n) is 5.72. The minimum absolute atomic E-state index is 0.0175. The van der Waals surface area contributed by atoms with Crippen LogP contribution in [0.3, 0.4) is 0 Å². The van der Waals surface area contributed by atoms with E-state index < -0.39 is 12.1 Å². The van der Waals surface area contributed by atoms with Crippen LogP contribution >= 0.6 is 11.3 Å². The van der Waals surface area contributed by atoms with Gasteiger partial charge in [0, 0.05) is 17.8 Å². The van der Waals surface area contributed by atoms with Crippen LogP contribution in [-0.4, -0.2) is 41.0 Å². The van der Waals surface area contributed by atoms with Crippen molar-refractivity contribution in [1.29, 1.82) is 0 Å². The molecule has 0 radical (unpaired) electrons. The number of hydrogen-bond donors (Lipinski definition) is 2. The average Bonchev–Trinajstić information content (AvgIpc) is 3.20. The molecule has 2 N–H and O–H groups in total. The molecule has 0 aromatic carbocycles. The molecule has 21 heavy (non-hydrogen) atoms. The van der Waals surface area contributed by atoms with Gasteiger partial charge in [0.2, 0.25) is 11.8 Å². The fourth-order valence-corrected chi connectivity index (χ4v) is 3.06. The molecule has 2 amide bonds. The van der Waals surface area contributed by atoms with Crippen LogP contribution in [0.5, 0.6) is 0 Å². The van der Waals surface area contributed by atoms with E-state index in [9.17, 15) is 14.7 Å². The first-order valence-electron chi connectivity index (χ1n) is 7.16. The van der Waals surface area contributed by atoms with Gasteiger partial charge >= 0.3 is 0 Å². The van der Waals surface area contributed by atoms with Gasteiger partial charge in [0.25, 0.3) is 0 Å². The molecule has 1 heterocycles. The Balaban J connectivity index is 1.99. The number of aliphatic hydroxyl groups excluding tert-OH is 1. The highest BCUT2D eigenvalue weighted by Gasteiger charge is 2.35. The first-order chi connectivity index (χ1) is 9.90. The minimum Gasteiger partial charge on any atom is -0.391 e. The maximum Gasteiger partial charge on any atom is 0.247 e. The first kappa shape index (κ1) is 16.0. The molecule has 116 valence electrons. The molecule has 6 heteroatoms. The molecule has 1 fully saturated rings. The minimum atomic E-state index is -0.910. The van der Waals surface area contributed by atoms with Crippen molar-refractivity contribution >= 4 is 23.2 Å². The number of amides is 2. The monoisotopic (exact) mass is 310 g/mol. The Bertz CT molecular complexity index is 523. The van der Waals surface area contributed by atoms with Crippen molar-refractivity contribution in [1.82, 2.24) is 10.2 Å². The lowest BCUT2D eigenvalue weighted by atomic mass is 10.1. The third-order valence-corrected chi connectivity index (χ3v) is 4.73. The van der Waals surface area contributed by atoms with Gasteiger partial charge in [0.05, 0.1) is 12.6 Å². The van der Waals surface area contributed by atoms with Crippen LogP contribution in [0.4, 0.5) is 0 Å². The second kappa shape index (κ2) is 6.58. The van der Waals surface area contributed by atoms with Gasteiger partial charge in [-0.2, -0.15) is 0 Å². The van der Waals surface area contributed by atoms with Crippen LogP contribution in [0.25, 0.3) is 0 Å². The average molecular weight is 310 g/mol. The Morgan fingerprint density at radius 1 is 1.52 bits per heavy atom. The van der Waals surface area contributed by atoms with Crippen LogP contribution in [0.1, 0.15) is 30.2 Å². The Morgan fingerprint density at radius 3 is 2.67 bits per heavy atom. The molecular formula is C15H22N2O3S. The summed E-state index contributed by atoms with van der Waals surface area (Å²) in [6, 6.07) is 1.14. The summed E-state index contributed by atoms with van der Waals surface area (Å²) in [6.07, 6.45) is 0.834. The summed E-state index contributed by atoms with van der Waals surface area (Å²) < 4.78 is 0. The highest BCUT2D eigenvalue weighted by Crippen LogP contribution is 2.29. The van der Waals surface area contributed by atoms with E-state index >= 15 is 0 Å². The zero-order chi connectivity index (χ0) is 15.6. The van der Waals surface area contributed by atoms with Gasteiger partial charge in [0.1, 0.15) is 6.04 Å². The highest BCUT2D eigenvalue weighted by atomic mass is 32.1. The van der Waals surface area contributed by atoms with E-state index in [1.54, 1.807) is 23.3 Å². The summed E-state index contributed by atoms with van der Waals surface area (Å²) in [4.78, 5) is 27.0. The molecular weight excluding hydrogens is 288 g/mol. The molecule has 2 rings (SSSR count). The highest BCUT2D eigenvalue weighted by molar-refractivity contribution is 7.10. The lowest BCUT2D eigenvalue weighted by Crippen LogP contribution is -2.53. The number of likely N-dealkylation sites (N-methyl/N-ethyl adjacent to an activating group) is 1.